The van der Waals surface area contributed by atoms with Crippen LogP contribution >= 0.6 is 0 Å². The van der Waals surface area contributed by atoms with Gasteiger partial charge in [0.15, 0.2) is 0 Å². The molecule has 0 aliphatic heterocycles. The van der Waals surface area contributed by atoms with Crippen LogP contribution in [0.2, 0.25) is 0 Å². The van der Waals surface area contributed by atoms with E-state index in [0.717, 1.165) is 29.1 Å². The molecule has 2 aromatic carbocycles. The largest absolute Gasteiger partial charge is 0.366 e. The summed E-state index contributed by atoms with van der Waals surface area (Å²) >= 11 is 0. The number of nitrogens with zero attached hydrogens (tertiary/aromatic N) is 2. The molecule has 0 spiro atoms. The maximum atomic E-state index is 11.3. The molecule has 3 rings (SSSR count). The Labute approximate surface area is 173 Å². The lowest BCUT2D eigenvalue weighted by molar-refractivity contribution is 0.100. The van der Waals surface area contributed by atoms with Crippen molar-refractivity contribution in [3.05, 3.63) is 65.4 Å². The van der Waals surface area contributed by atoms with Gasteiger partial charge in [0.05, 0.1) is 11.9 Å². The molecule has 1 amide bonds. The summed E-state index contributed by atoms with van der Waals surface area (Å²) < 4.78 is 2.10. The number of aromatic nitrogens is 2. The Hall–Kier alpha value is -2.88. The lowest BCUT2D eigenvalue weighted by Gasteiger charge is -2.24. The van der Waals surface area contributed by atoms with E-state index < -0.39 is 5.91 Å². The fourth-order valence-corrected chi connectivity index (χ4v) is 3.75. The average Bonchev–Trinajstić information content (AvgIpc) is 3.07. The summed E-state index contributed by atoms with van der Waals surface area (Å²) in [4.78, 5) is 16.0. The Morgan fingerprint density at radius 1 is 1.07 bits per heavy atom. The average molecular weight is 390 g/mol. The molecule has 29 heavy (non-hydrogen) atoms. The number of imidazole rings is 1. The molecular weight excluding hydrogens is 358 g/mol. The fraction of sp³-hybridized carbons (Fsp3) is 0.360. The van der Waals surface area contributed by atoms with Crippen LogP contribution in [0.25, 0.3) is 22.6 Å². The van der Waals surface area contributed by atoms with E-state index in [0.29, 0.717) is 5.56 Å². The molecule has 0 aliphatic rings. The lowest BCUT2D eigenvalue weighted by atomic mass is 9.81. The number of benzene rings is 2. The molecule has 0 fully saturated rings. The predicted octanol–water partition coefficient (Wildman–Crippen LogP) is 5.49. The van der Waals surface area contributed by atoms with Gasteiger partial charge in [-0.15, -0.1) is 0 Å². The third kappa shape index (κ3) is 4.42. The summed E-state index contributed by atoms with van der Waals surface area (Å²) in [6, 6.07) is 14.1. The Kier molecular flexibility index (Phi) is 5.92. The van der Waals surface area contributed by atoms with Crippen LogP contribution in [0, 0.1) is 0 Å². The third-order valence-corrected chi connectivity index (χ3v) is 5.43. The van der Waals surface area contributed by atoms with E-state index >= 15 is 0 Å². The maximum Gasteiger partial charge on any atom is 0.248 e. The van der Waals surface area contributed by atoms with E-state index in [1.54, 1.807) is 12.1 Å². The summed E-state index contributed by atoms with van der Waals surface area (Å²) in [5.74, 6) is 0.520. The van der Waals surface area contributed by atoms with Gasteiger partial charge in [0.2, 0.25) is 5.91 Å². The van der Waals surface area contributed by atoms with Crippen LogP contribution in [0.1, 0.15) is 62.0 Å². The van der Waals surface area contributed by atoms with E-state index in [9.17, 15) is 4.79 Å². The monoisotopic (exact) mass is 389 g/mol. The summed E-state index contributed by atoms with van der Waals surface area (Å²) in [7, 11) is 2.03. The minimum Gasteiger partial charge on any atom is -0.366 e. The van der Waals surface area contributed by atoms with Crippen LogP contribution in [-0.4, -0.2) is 15.5 Å². The van der Waals surface area contributed by atoms with Crippen LogP contribution < -0.4 is 5.73 Å². The van der Waals surface area contributed by atoms with Gasteiger partial charge >= 0.3 is 0 Å². The van der Waals surface area contributed by atoms with Crippen molar-refractivity contribution in [1.29, 1.82) is 0 Å². The van der Waals surface area contributed by atoms with Gasteiger partial charge in [-0.25, -0.2) is 4.98 Å². The molecule has 0 aliphatic carbocycles. The van der Waals surface area contributed by atoms with E-state index in [1.165, 1.54) is 24.0 Å². The van der Waals surface area contributed by atoms with Crippen molar-refractivity contribution in [2.24, 2.45) is 12.8 Å². The van der Waals surface area contributed by atoms with Gasteiger partial charge in [-0.1, -0.05) is 58.4 Å². The van der Waals surface area contributed by atoms with Gasteiger partial charge in [-0.3, -0.25) is 4.79 Å². The van der Waals surface area contributed by atoms with Crippen molar-refractivity contribution < 1.29 is 4.79 Å². The number of carbonyl (C=O) groups excluding carboxylic acids is 1. The van der Waals surface area contributed by atoms with Gasteiger partial charge in [0, 0.05) is 18.2 Å². The standard InChI is InChI=1S/C25H31N3O/c1-6-7-8-17-9-14-20(15-21(17)25(2,3)4)24-27-16-22(28(24)5)18-10-12-19(13-11-18)23(26)29/h9-16H,6-8H2,1-5H3,(H2,26,29). The van der Waals surface area contributed by atoms with Gasteiger partial charge in [-0.05, 0) is 53.1 Å². The van der Waals surface area contributed by atoms with Crippen molar-refractivity contribution >= 4 is 5.91 Å². The van der Waals surface area contributed by atoms with Crippen LogP contribution in [0.5, 0.6) is 0 Å². The second-order valence-corrected chi connectivity index (χ2v) is 8.69. The van der Waals surface area contributed by atoms with E-state index in [-0.39, 0.29) is 5.41 Å². The number of amides is 1. The van der Waals surface area contributed by atoms with Crippen molar-refractivity contribution in [3.63, 3.8) is 0 Å². The van der Waals surface area contributed by atoms with Gasteiger partial charge in [0.25, 0.3) is 0 Å². The highest BCUT2D eigenvalue weighted by molar-refractivity contribution is 5.93. The van der Waals surface area contributed by atoms with Crippen molar-refractivity contribution in [2.75, 3.05) is 0 Å². The zero-order valence-corrected chi connectivity index (χ0v) is 18.1. The van der Waals surface area contributed by atoms with Crippen LogP contribution in [-0.2, 0) is 18.9 Å². The number of rotatable bonds is 6. The minimum atomic E-state index is -0.417. The zero-order chi connectivity index (χ0) is 21.2. The summed E-state index contributed by atoms with van der Waals surface area (Å²) in [5.41, 5.74) is 11.9. The lowest BCUT2D eigenvalue weighted by Crippen LogP contribution is -2.14. The second-order valence-electron chi connectivity index (χ2n) is 8.69. The smallest absolute Gasteiger partial charge is 0.248 e. The highest BCUT2D eigenvalue weighted by Gasteiger charge is 2.20. The Morgan fingerprint density at radius 3 is 2.31 bits per heavy atom. The van der Waals surface area contributed by atoms with E-state index in [2.05, 4.69) is 50.5 Å². The molecule has 0 saturated carbocycles. The van der Waals surface area contributed by atoms with Crippen molar-refractivity contribution in [1.82, 2.24) is 9.55 Å². The topological polar surface area (TPSA) is 60.9 Å². The molecule has 0 atom stereocenters. The molecule has 1 aromatic heterocycles. The first kappa shape index (κ1) is 20.8. The fourth-order valence-electron chi connectivity index (χ4n) is 3.75. The number of primary amides is 1. The number of hydrogen-bond acceptors (Lipinski definition) is 2. The highest BCUT2D eigenvalue weighted by Crippen LogP contribution is 2.32. The molecule has 1 heterocycles. The molecule has 2 N–H and O–H groups in total. The SMILES string of the molecule is CCCCc1ccc(-c2ncc(-c3ccc(C(N)=O)cc3)n2C)cc1C(C)(C)C. The summed E-state index contributed by atoms with van der Waals surface area (Å²) in [6.45, 7) is 9.04. The molecule has 152 valence electrons. The summed E-state index contributed by atoms with van der Waals surface area (Å²) in [6.07, 6.45) is 5.40. The number of hydrogen-bond donors (Lipinski definition) is 1. The first-order chi connectivity index (χ1) is 13.7. The first-order valence-electron chi connectivity index (χ1n) is 10.3. The molecule has 0 saturated heterocycles. The molecule has 3 aromatic rings. The second kappa shape index (κ2) is 8.24. The van der Waals surface area contributed by atoms with E-state index in [1.807, 2.05) is 25.4 Å². The minimum absolute atomic E-state index is 0.0810. The van der Waals surface area contributed by atoms with Crippen LogP contribution in [0.15, 0.2) is 48.7 Å². The maximum absolute atomic E-state index is 11.3. The first-order valence-corrected chi connectivity index (χ1v) is 10.3. The van der Waals surface area contributed by atoms with Crippen molar-refractivity contribution in [2.45, 2.75) is 52.4 Å². The Morgan fingerprint density at radius 2 is 1.72 bits per heavy atom. The van der Waals surface area contributed by atoms with Crippen LogP contribution in [0.4, 0.5) is 0 Å². The zero-order valence-electron chi connectivity index (χ0n) is 18.1. The number of unbranched alkanes of at least 4 members (excludes halogenated alkanes) is 1. The van der Waals surface area contributed by atoms with Gasteiger partial charge in [-0.2, -0.15) is 0 Å². The molecule has 0 unspecified atom stereocenters. The third-order valence-electron chi connectivity index (χ3n) is 5.43. The van der Waals surface area contributed by atoms with Gasteiger partial charge < -0.3 is 10.3 Å². The number of nitrogens with two attached hydrogens (primary N) is 1. The van der Waals surface area contributed by atoms with Crippen LogP contribution in [0.3, 0.4) is 0 Å². The predicted molar refractivity (Wildman–Crippen MR) is 120 cm³/mol. The number of aryl methyl sites for hydroxylation is 1. The quantitative estimate of drug-likeness (QED) is 0.606. The summed E-state index contributed by atoms with van der Waals surface area (Å²) in [5, 5.41) is 0. The van der Waals surface area contributed by atoms with Gasteiger partial charge in [0.1, 0.15) is 5.82 Å². The highest BCUT2D eigenvalue weighted by atomic mass is 16.1. The molecule has 0 bridgehead atoms. The molecule has 4 nitrogen and oxygen atoms in total. The Bertz CT molecular complexity index is 1010. The molecular formula is C25H31N3O. The Balaban J connectivity index is 2.00. The van der Waals surface area contributed by atoms with E-state index in [4.69, 9.17) is 10.7 Å². The molecule has 0 radical (unpaired) electrons. The normalized spacial score (nSPS) is 11.6. The molecule has 4 heteroatoms. The van der Waals surface area contributed by atoms with Crippen molar-refractivity contribution in [3.8, 4) is 22.6 Å². The number of carbonyl (C=O) groups is 1.